The summed E-state index contributed by atoms with van der Waals surface area (Å²) >= 11 is 0. The van der Waals surface area contributed by atoms with E-state index in [0.717, 1.165) is 18.9 Å². The van der Waals surface area contributed by atoms with E-state index in [1.165, 1.54) is 24.3 Å². The second-order valence-corrected chi connectivity index (χ2v) is 6.83. The lowest BCUT2D eigenvalue weighted by Gasteiger charge is -2.27. The van der Waals surface area contributed by atoms with Crippen molar-refractivity contribution in [3.05, 3.63) is 71.3 Å². The SMILES string of the molecule is O=C(COC(=O)C1(c2ccccc2F)CCCC1)NNC(=O)c1ccccc1F. The highest BCUT2D eigenvalue weighted by Gasteiger charge is 2.45. The Morgan fingerprint density at radius 2 is 1.52 bits per heavy atom. The molecule has 1 aliphatic rings. The largest absolute Gasteiger partial charge is 0.455 e. The van der Waals surface area contributed by atoms with Crippen molar-refractivity contribution in [1.29, 1.82) is 0 Å². The van der Waals surface area contributed by atoms with Crippen LogP contribution in [0.15, 0.2) is 48.5 Å². The summed E-state index contributed by atoms with van der Waals surface area (Å²) in [6, 6.07) is 11.3. The predicted octanol–water partition coefficient (Wildman–Crippen LogP) is 2.78. The third-order valence-corrected chi connectivity index (χ3v) is 5.01. The highest BCUT2D eigenvalue weighted by molar-refractivity contribution is 5.96. The van der Waals surface area contributed by atoms with Gasteiger partial charge in [0.2, 0.25) is 0 Å². The van der Waals surface area contributed by atoms with Gasteiger partial charge in [-0.3, -0.25) is 25.2 Å². The molecule has 0 unspecified atom stereocenters. The Hall–Kier alpha value is -3.29. The van der Waals surface area contributed by atoms with E-state index >= 15 is 0 Å². The van der Waals surface area contributed by atoms with Crippen molar-refractivity contribution in [2.24, 2.45) is 0 Å². The van der Waals surface area contributed by atoms with Crippen LogP contribution in [0.5, 0.6) is 0 Å². The van der Waals surface area contributed by atoms with E-state index in [0.29, 0.717) is 12.8 Å². The lowest BCUT2D eigenvalue weighted by atomic mass is 9.78. The highest BCUT2D eigenvalue weighted by atomic mass is 19.1. The lowest BCUT2D eigenvalue weighted by Crippen LogP contribution is -2.45. The first-order valence-electron chi connectivity index (χ1n) is 9.20. The maximum Gasteiger partial charge on any atom is 0.317 e. The molecule has 3 rings (SSSR count). The summed E-state index contributed by atoms with van der Waals surface area (Å²) in [5.74, 6) is -3.56. The Morgan fingerprint density at radius 3 is 2.17 bits per heavy atom. The van der Waals surface area contributed by atoms with Gasteiger partial charge in [0, 0.05) is 5.56 Å². The molecule has 2 amide bonds. The highest BCUT2D eigenvalue weighted by Crippen LogP contribution is 2.43. The molecule has 1 fully saturated rings. The molecule has 152 valence electrons. The molecule has 2 aromatic carbocycles. The fourth-order valence-electron chi connectivity index (χ4n) is 3.56. The smallest absolute Gasteiger partial charge is 0.317 e. The first-order chi connectivity index (χ1) is 13.9. The van der Waals surface area contributed by atoms with Crippen molar-refractivity contribution >= 4 is 17.8 Å². The van der Waals surface area contributed by atoms with Crippen LogP contribution in [0.4, 0.5) is 8.78 Å². The van der Waals surface area contributed by atoms with Gasteiger partial charge in [0.15, 0.2) is 6.61 Å². The van der Waals surface area contributed by atoms with Crippen LogP contribution >= 0.6 is 0 Å². The fourth-order valence-corrected chi connectivity index (χ4v) is 3.56. The zero-order valence-corrected chi connectivity index (χ0v) is 15.5. The third-order valence-electron chi connectivity index (χ3n) is 5.01. The van der Waals surface area contributed by atoms with E-state index in [1.807, 2.05) is 0 Å². The molecule has 1 saturated carbocycles. The number of ether oxygens (including phenoxy) is 1. The Labute approximate surface area is 166 Å². The van der Waals surface area contributed by atoms with Gasteiger partial charge in [0.25, 0.3) is 11.8 Å². The minimum Gasteiger partial charge on any atom is -0.455 e. The molecule has 0 atom stereocenters. The van der Waals surface area contributed by atoms with Crippen LogP contribution in [0.25, 0.3) is 0 Å². The average Bonchev–Trinajstić information content (AvgIpc) is 3.22. The molecule has 29 heavy (non-hydrogen) atoms. The monoisotopic (exact) mass is 402 g/mol. The number of carbonyl (C=O) groups excluding carboxylic acids is 3. The molecule has 2 N–H and O–H groups in total. The van der Waals surface area contributed by atoms with Crippen molar-refractivity contribution < 1.29 is 27.9 Å². The molecule has 6 nitrogen and oxygen atoms in total. The fraction of sp³-hybridized carbons (Fsp3) is 0.286. The van der Waals surface area contributed by atoms with Crippen LogP contribution in [-0.2, 0) is 19.7 Å². The summed E-state index contributed by atoms with van der Waals surface area (Å²) in [5, 5.41) is 0. The van der Waals surface area contributed by atoms with E-state index in [-0.39, 0.29) is 11.1 Å². The number of esters is 1. The molecule has 0 heterocycles. The molecule has 0 saturated heterocycles. The first kappa shape index (κ1) is 20.4. The number of hydrogen-bond donors (Lipinski definition) is 2. The summed E-state index contributed by atoms with van der Waals surface area (Å²) in [4.78, 5) is 36.5. The third kappa shape index (κ3) is 4.42. The van der Waals surface area contributed by atoms with E-state index in [1.54, 1.807) is 18.2 Å². The molecule has 0 aliphatic heterocycles. The van der Waals surface area contributed by atoms with Gasteiger partial charge in [-0.2, -0.15) is 0 Å². The summed E-state index contributed by atoms with van der Waals surface area (Å²) in [5.41, 5.74) is 3.01. The molecule has 1 aliphatic carbocycles. The van der Waals surface area contributed by atoms with Gasteiger partial charge in [0.05, 0.1) is 11.0 Å². The van der Waals surface area contributed by atoms with Gasteiger partial charge in [-0.1, -0.05) is 43.2 Å². The number of hydrazine groups is 1. The predicted molar refractivity (Wildman–Crippen MR) is 99.5 cm³/mol. The Bertz CT molecular complexity index is 926. The molecular weight excluding hydrogens is 382 g/mol. The Kier molecular flexibility index (Phi) is 6.21. The van der Waals surface area contributed by atoms with Crippen LogP contribution in [0.1, 0.15) is 41.6 Å². The Morgan fingerprint density at radius 1 is 0.897 bits per heavy atom. The summed E-state index contributed by atoms with van der Waals surface area (Å²) in [7, 11) is 0. The quantitative estimate of drug-likeness (QED) is 0.595. The molecule has 0 radical (unpaired) electrons. The second kappa shape index (κ2) is 8.81. The van der Waals surface area contributed by atoms with Gasteiger partial charge in [-0.25, -0.2) is 8.78 Å². The van der Waals surface area contributed by atoms with E-state index < -0.39 is 41.4 Å². The number of halogens is 2. The van der Waals surface area contributed by atoms with Gasteiger partial charge < -0.3 is 4.74 Å². The van der Waals surface area contributed by atoms with Gasteiger partial charge in [-0.15, -0.1) is 0 Å². The van der Waals surface area contributed by atoms with Crippen molar-refractivity contribution in [3.63, 3.8) is 0 Å². The summed E-state index contributed by atoms with van der Waals surface area (Å²) < 4.78 is 33.0. The number of benzene rings is 2. The van der Waals surface area contributed by atoms with Crippen LogP contribution in [0, 0.1) is 11.6 Å². The zero-order valence-electron chi connectivity index (χ0n) is 15.5. The molecule has 0 aromatic heterocycles. The second-order valence-electron chi connectivity index (χ2n) is 6.83. The van der Waals surface area contributed by atoms with E-state index in [4.69, 9.17) is 4.74 Å². The van der Waals surface area contributed by atoms with Crippen molar-refractivity contribution in [2.45, 2.75) is 31.1 Å². The number of amides is 2. The molecule has 0 spiro atoms. The number of carbonyl (C=O) groups is 3. The van der Waals surface area contributed by atoms with Gasteiger partial charge in [-0.05, 0) is 31.0 Å². The van der Waals surface area contributed by atoms with E-state index in [9.17, 15) is 23.2 Å². The van der Waals surface area contributed by atoms with Crippen molar-refractivity contribution in [3.8, 4) is 0 Å². The van der Waals surface area contributed by atoms with E-state index in [2.05, 4.69) is 10.9 Å². The Balaban J connectivity index is 1.58. The molecule has 2 aromatic rings. The van der Waals surface area contributed by atoms with Crippen LogP contribution in [0.3, 0.4) is 0 Å². The topological polar surface area (TPSA) is 84.5 Å². The van der Waals surface area contributed by atoms with Gasteiger partial charge >= 0.3 is 5.97 Å². The molecular formula is C21H20F2N2O4. The van der Waals surface area contributed by atoms with Crippen LogP contribution in [0.2, 0.25) is 0 Å². The maximum absolute atomic E-state index is 14.3. The standard InChI is InChI=1S/C21H20F2N2O4/c22-16-9-3-1-7-14(16)19(27)25-24-18(26)13-29-20(28)21(11-5-6-12-21)15-8-2-4-10-17(15)23/h1-4,7-10H,5-6,11-13H2,(H,24,26)(H,25,27). The van der Waals surface area contributed by atoms with Crippen molar-refractivity contribution in [1.82, 2.24) is 10.9 Å². The maximum atomic E-state index is 14.3. The first-order valence-corrected chi connectivity index (χ1v) is 9.20. The van der Waals surface area contributed by atoms with Crippen molar-refractivity contribution in [2.75, 3.05) is 6.61 Å². The van der Waals surface area contributed by atoms with Gasteiger partial charge in [0.1, 0.15) is 11.6 Å². The zero-order chi connectivity index (χ0) is 20.9. The number of hydrogen-bond acceptors (Lipinski definition) is 4. The normalized spacial score (nSPS) is 14.8. The van der Waals surface area contributed by atoms with Crippen LogP contribution in [-0.4, -0.2) is 24.4 Å². The molecule has 8 heteroatoms. The van der Waals surface area contributed by atoms with Crippen LogP contribution < -0.4 is 10.9 Å². The number of rotatable bonds is 5. The average molecular weight is 402 g/mol. The minimum atomic E-state index is -1.12. The lowest BCUT2D eigenvalue weighted by molar-refractivity contribution is -0.154. The molecule has 0 bridgehead atoms. The number of nitrogens with one attached hydrogen (secondary N) is 2. The summed E-state index contributed by atoms with van der Waals surface area (Å²) in [6.45, 7) is -0.660. The summed E-state index contributed by atoms with van der Waals surface area (Å²) in [6.07, 6.45) is 2.35. The minimum absolute atomic E-state index is 0.241.